The summed E-state index contributed by atoms with van der Waals surface area (Å²) < 4.78 is 5.69. The van der Waals surface area contributed by atoms with E-state index in [1.54, 1.807) is 18.2 Å². The zero-order valence-electron chi connectivity index (χ0n) is 10.5. The number of rotatable bonds is 2. The van der Waals surface area contributed by atoms with Crippen molar-refractivity contribution >= 4 is 10.9 Å². The Morgan fingerprint density at radius 2 is 1.74 bits per heavy atom. The Balaban J connectivity index is 2.06. The van der Waals surface area contributed by atoms with Gasteiger partial charge in [0, 0.05) is 10.9 Å². The predicted octanol–water partition coefficient (Wildman–Crippen LogP) is 4.04. The van der Waals surface area contributed by atoms with Crippen LogP contribution in [0.5, 0.6) is 17.4 Å². The third kappa shape index (κ3) is 2.22. The summed E-state index contributed by atoms with van der Waals surface area (Å²) in [6.07, 6.45) is 0. The molecule has 0 aliphatic carbocycles. The van der Waals surface area contributed by atoms with Crippen LogP contribution in [0.15, 0.2) is 54.6 Å². The third-order valence-corrected chi connectivity index (χ3v) is 2.94. The number of aromatic nitrogens is 1. The van der Waals surface area contributed by atoms with Crippen LogP contribution in [0.2, 0.25) is 0 Å². The summed E-state index contributed by atoms with van der Waals surface area (Å²) in [4.78, 5) is 4.48. The topological polar surface area (TPSA) is 42.4 Å². The van der Waals surface area contributed by atoms with E-state index in [0.29, 0.717) is 11.6 Å². The number of aryl methyl sites for hydroxylation is 1. The molecule has 0 spiro atoms. The third-order valence-electron chi connectivity index (χ3n) is 2.94. The lowest BCUT2D eigenvalue weighted by Crippen LogP contribution is -1.92. The number of hydrogen-bond acceptors (Lipinski definition) is 3. The average Bonchev–Trinajstić information content (AvgIpc) is 2.42. The monoisotopic (exact) mass is 251 g/mol. The average molecular weight is 251 g/mol. The summed E-state index contributed by atoms with van der Waals surface area (Å²) in [5.74, 6) is 1.03. The summed E-state index contributed by atoms with van der Waals surface area (Å²) in [5, 5.41) is 10.8. The number of para-hydroxylation sites is 3. The molecular weight excluding hydrogens is 238 g/mol. The van der Waals surface area contributed by atoms with E-state index in [-0.39, 0.29) is 5.75 Å². The van der Waals surface area contributed by atoms with Crippen molar-refractivity contribution in [3.8, 4) is 17.4 Å². The fourth-order valence-corrected chi connectivity index (χ4v) is 1.95. The van der Waals surface area contributed by atoms with Gasteiger partial charge in [0.05, 0.1) is 5.52 Å². The van der Waals surface area contributed by atoms with E-state index in [2.05, 4.69) is 4.98 Å². The molecule has 1 aromatic heterocycles. The van der Waals surface area contributed by atoms with Crippen LogP contribution in [0.3, 0.4) is 0 Å². The highest BCUT2D eigenvalue weighted by Gasteiger charge is 2.08. The highest BCUT2D eigenvalue weighted by Crippen LogP contribution is 2.31. The van der Waals surface area contributed by atoms with Gasteiger partial charge < -0.3 is 9.84 Å². The molecule has 3 aromatic rings. The smallest absolute Gasteiger partial charge is 0.222 e. The number of hydrogen-bond donors (Lipinski definition) is 1. The molecule has 0 saturated heterocycles. The number of pyridine rings is 1. The van der Waals surface area contributed by atoms with E-state index in [1.807, 2.05) is 43.3 Å². The van der Waals surface area contributed by atoms with Crippen LogP contribution in [-0.4, -0.2) is 10.1 Å². The van der Waals surface area contributed by atoms with E-state index < -0.39 is 0 Å². The lowest BCUT2D eigenvalue weighted by atomic mass is 10.2. The van der Waals surface area contributed by atoms with Crippen molar-refractivity contribution in [1.29, 1.82) is 0 Å². The molecule has 1 N–H and O–H groups in total. The first-order valence-electron chi connectivity index (χ1n) is 6.06. The van der Waals surface area contributed by atoms with Crippen molar-refractivity contribution in [1.82, 2.24) is 4.98 Å². The standard InChI is InChI=1S/C16H13NO2/c1-11-10-12-6-2-3-7-13(12)17-16(11)19-15-9-5-4-8-14(15)18/h2-10,18H,1H3. The van der Waals surface area contributed by atoms with Gasteiger partial charge in [0.25, 0.3) is 0 Å². The van der Waals surface area contributed by atoms with E-state index in [9.17, 15) is 5.11 Å². The maximum Gasteiger partial charge on any atom is 0.222 e. The Bertz CT molecular complexity index is 738. The zero-order valence-corrected chi connectivity index (χ0v) is 10.5. The van der Waals surface area contributed by atoms with Gasteiger partial charge in [0.1, 0.15) is 0 Å². The Labute approximate surface area is 111 Å². The van der Waals surface area contributed by atoms with Gasteiger partial charge >= 0.3 is 0 Å². The summed E-state index contributed by atoms with van der Waals surface area (Å²) in [6.45, 7) is 1.94. The number of ether oxygens (including phenoxy) is 1. The summed E-state index contributed by atoms with van der Waals surface area (Å²) >= 11 is 0. The van der Waals surface area contributed by atoms with Crippen LogP contribution in [0.4, 0.5) is 0 Å². The highest BCUT2D eigenvalue weighted by atomic mass is 16.5. The molecule has 0 bridgehead atoms. The summed E-state index contributed by atoms with van der Waals surface area (Å²) in [7, 11) is 0. The van der Waals surface area contributed by atoms with Gasteiger partial charge in [-0.3, -0.25) is 0 Å². The quantitative estimate of drug-likeness (QED) is 0.747. The van der Waals surface area contributed by atoms with Gasteiger partial charge in [-0.1, -0.05) is 30.3 Å². The Kier molecular flexibility index (Phi) is 2.80. The lowest BCUT2D eigenvalue weighted by molar-refractivity contribution is 0.402. The Morgan fingerprint density at radius 3 is 2.58 bits per heavy atom. The molecule has 19 heavy (non-hydrogen) atoms. The van der Waals surface area contributed by atoms with Crippen LogP contribution in [0.1, 0.15) is 5.56 Å². The Hall–Kier alpha value is -2.55. The van der Waals surface area contributed by atoms with Crippen molar-refractivity contribution < 1.29 is 9.84 Å². The van der Waals surface area contributed by atoms with Crippen molar-refractivity contribution in [2.75, 3.05) is 0 Å². The predicted molar refractivity (Wildman–Crippen MR) is 74.7 cm³/mol. The van der Waals surface area contributed by atoms with Gasteiger partial charge in [-0.25, -0.2) is 4.98 Å². The van der Waals surface area contributed by atoms with Crippen molar-refractivity contribution in [2.24, 2.45) is 0 Å². The minimum Gasteiger partial charge on any atom is -0.504 e. The number of phenols is 1. The lowest BCUT2D eigenvalue weighted by Gasteiger charge is -2.10. The van der Waals surface area contributed by atoms with Gasteiger partial charge in [-0.2, -0.15) is 0 Å². The minimum atomic E-state index is 0.108. The van der Waals surface area contributed by atoms with E-state index in [4.69, 9.17) is 4.74 Å². The van der Waals surface area contributed by atoms with E-state index in [1.165, 1.54) is 0 Å². The number of nitrogens with zero attached hydrogens (tertiary/aromatic N) is 1. The molecule has 2 aromatic carbocycles. The van der Waals surface area contributed by atoms with Crippen molar-refractivity contribution in [3.63, 3.8) is 0 Å². The number of aromatic hydroxyl groups is 1. The van der Waals surface area contributed by atoms with Gasteiger partial charge in [0.2, 0.25) is 5.88 Å². The molecule has 0 radical (unpaired) electrons. The molecule has 94 valence electrons. The fourth-order valence-electron chi connectivity index (χ4n) is 1.95. The molecule has 3 heteroatoms. The van der Waals surface area contributed by atoms with Crippen LogP contribution >= 0.6 is 0 Å². The molecule has 0 aliphatic heterocycles. The SMILES string of the molecule is Cc1cc2ccccc2nc1Oc1ccccc1O. The molecule has 0 amide bonds. The molecule has 3 nitrogen and oxygen atoms in total. The molecule has 0 atom stereocenters. The van der Waals surface area contributed by atoms with Crippen LogP contribution in [-0.2, 0) is 0 Å². The zero-order chi connectivity index (χ0) is 13.2. The van der Waals surface area contributed by atoms with Crippen LogP contribution in [0, 0.1) is 6.92 Å². The maximum atomic E-state index is 9.72. The van der Waals surface area contributed by atoms with Crippen LogP contribution in [0.25, 0.3) is 10.9 Å². The number of phenolic OH excluding ortho intramolecular Hbond substituents is 1. The number of benzene rings is 2. The van der Waals surface area contributed by atoms with Crippen molar-refractivity contribution in [3.05, 3.63) is 60.2 Å². The van der Waals surface area contributed by atoms with Gasteiger partial charge in [0.15, 0.2) is 11.5 Å². The highest BCUT2D eigenvalue weighted by molar-refractivity contribution is 5.80. The second-order valence-electron chi connectivity index (χ2n) is 4.37. The molecule has 0 fully saturated rings. The maximum absolute atomic E-state index is 9.72. The summed E-state index contributed by atoms with van der Waals surface area (Å²) in [6, 6.07) is 16.8. The largest absolute Gasteiger partial charge is 0.504 e. The summed E-state index contributed by atoms with van der Waals surface area (Å²) in [5.41, 5.74) is 1.81. The second-order valence-corrected chi connectivity index (χ2v) is 4.37. The molecular formula is C16H13NO2. The number of fused-ring (bicyclic) bond motifs is 1. The van der Waals surface area contributed by atoms with Crippen LogP contribution < -0.4 is 4.74 Å². The molecule has 1 heterocycles. The second kappa shape index (κ2) is 4.61. The van der Waals surface area contributed by atoms with E-state index >= 15 is 0 Å². The van der Waals surface area contributed by atoms with E-state index in [0.717, 1.165) is 16.5 Å². The first kappa shape index (κ1) is 11.5. The molecule has 3 rings (SSSR count). The Morgan fingerprint density at radius 1 is 1.00 bits per heavy atom. The first-order valence-corrected chi connectivity index (χ1v) is 6.06. The van der Waals surface area contributed by atoms with Crippen molar-refractivity contribution in [2.45, 2.75) is 6.92 Å². The first-order chi connectivity index (χ1) is 9.24. The minimum absolute atomic E-state index is 0.108. The van der Waals surface area contributed by atoms with Gasteiger partial charge in [-0.15, -0.1) is 0 Å². The molecule has 0 aliphatic rings. The molecule has 0 saturated carbocycles. The fraction of sp³-hybridized carbons (Fsp3) is 0.0625. The van der Waals surface area contributed by atoms with Gasteiger partial charge in [-0.05, 0) is 31.2 Å². The normalized spacial score (nSPS) is 10.6. The molecule has 0 unspecified atom stereocenters.